The van der Waals surface area contributed by atoms with E-state index in [2.05, 4.69) is 30.2 Å². The fourth-order valence-corrected chi connectivity index (χ4v) is 4.44. The highest BCUT2D eigenvalue weighted by Gasteiger charge is 2.43. The van der Waals surface area contributed by atoms with Gasteiger partial charge in [-0.25, -0.2) is 33.7 Å². The van der Waals surface area contributed by atoms with Crippen LogP contribution < -0.4 is 15.0 Å². The second-order valence-electron chi connectivity index (χ2n) is 9.31. The third-order valence-electron chi connectivity index (χ3n) is 6.61. The highest BCUT2D eigenvalue weighted by molar-refractivity contribution is 5.87. The van der Waals surface area contributed by atoms with Gasteiger partial charge in [0.15, 0.2) is 5.82 Å². The summed E-state index contributed by atoms with van der Waals surface area (Å²) in [4.78, 5) is 23.3. The molecule has 0 saturated carbocycles. The number of aryl methyl sites for hydroxylation is 2. The van der Waals surface area contributed by atoms with Gasteiger partial charge in [0.25, 0.3) is 5.92 Å². The summed E-state index contributed by atoms with van der Waals surface area (Å²) in [6, 6.07) is 11.4. The molecule has 1 aliphatic heterocycles. The minimum Gasteiger partial charge on any atom is -0.457 e. The molecule has 0 aliphatic carbocycles. The first kappa shape index (κ1) is 23.9. The number of halogens is 2. The lowest BCUT2D eigenvalue weighted by molar-refractivity contribution is -0.118. The third-order valence-corrected chi connectivity index (χ3v) is 6.61. The number of β-amino-alcohol motifs (C(OH)–C–C–N with tert-alkyl or cyclic N) is 1. The number of rotatable bonds is 5. The van der Waals surface area contributed by atoms with Crippen molar-refractivity contribution in [3.05, 3.63) is 60.8 Å². The first-order valence-electron chi connectivity index (χ1n) is 12.0. The Morgan fingerprint density at radius 3 is 2.76 bits per heavy atom. The topological polar surface area (TPSA) is 114 Å². The van der Waals surface area contributed by atoms with E-state index in [1.165, 1.54) is 17.4 Å². The number of aliphatic hydroxyl groups excluding tert-OH is 1. The SMILES string of the molecule is Cc1cc(Nc2ncnc3cnc(N4CCC(F)(F)C(O)C4)nc23)ccc1Oc1ccc2c(c1)ncn2C. The van der Waals surface area contributed by atoms with Gasteiger partial charge in [0.2, 0.25) is 5.95 Å². The molecule has 0 amide bonds. The number of alkyl halides is 2. The van der Waals surface area contributed by atoms with E-state index >= 15 is 0 Å². The molecule has 0 bridgehead atoms. The molecule has 0 radical (unpaired) electrons. The van der Waals surface area contributed by atoms with Gasteiger partial charge in [-0.05, 0) is 42.8 Å². The zero-order valence-electron chi connectivity index (χ0n) is 20.6. The summed E-state index contributed by atoms with van der Waals surface area (Å²) < 4.78 is 35.5. The van der Waals surface area contributed by atoms with Crippen LogP contribution in [0, 0.1) is 6.92 Å². The molecule has 38 heavy (non-hydrogen) atoms. The van der Waals surface area contributed by atoms with Gasteiger partial charge < -0.3 is 24.6 Å². The molecule has 12 heteroatoms. The highest BCUT2D eigenvalue weighted by Crippen LogP contribution is 2.32. The maximum Gasteiger partial charge on any atom is 0.276 e. The average Bonchev–Trinajstić information content (AvgIpc) is 3.27. The summed E-state index contributed by atoms with van der Waals surface area (Å²) in [5.41, 5.74) is 4.45. The number of hydrogen-bond acceptors (Lipinski definition) is 9. The smallest absolute Gasteiger partial charge is 0.276 e. The zero-order chi connectivity index (χ0) is 26.4. The lowest BCUT2D eigenvalue weighted by atomic mass is 10.0. The summed E-state index contributed by atoms with van der Waals surface area (Å²) in [6.07, 6.45) is 2.42. The maximum absolute atomic E-state index is 13.7. The van der Waals surface area contributed by atoms with Crippen molar-refractivity contribution >= 4 is 39.5 Å². The first-order chi connectivity index (χ1) is 18.3. The Balaban J connectivity index is 1.23. The second-order valence-corrected chi connectivity index (χ2v) is 9.31. The molecular formula is C26H24F2N8O2. The van der Waals surface area contributed by atoms with Gasteiger partial charge in [0.1, 0.15) is 35.0 Å². The van der Waals surface area contributed by atoms with E-state index in [-0.39, 0.29) is 19.0 Å². The Hall–Kier alpha value is -4.45. The maximum atomic E-state index is 13.7. The van der Waals surface area contributed by atoms with Gasteiger partial charge in [0.05, 0.1) is 30.1 Å². The van der Waals surface area contributed by atoms with Gasteiger partial charge in [-0.1, -0.05) is 0 Å². The number of fused-ring (bicyclic) bond motifs is 2. The molecule has 1 fully saturated rings. The van der Waals surface area contributed by atoms with E-state index in [9.17, 15) is 13.9 Å². The van der Waals surface area contributed by atoms with Crippen molar-refractivity contribution in [2.45, 2.75) is 25.4 Å². The number of aliphatic hydroxyl groups is 1. The van der Waals surface area contributed by atoms with Crippen LogP contribution in [0.5, 0.6) is 11.5 Å². The summed E-state index contributed by atoms with van der Waals surface area (Å²) in [7, 11) is 1.94. The van der Waals surface area contributed by atoms with Crippen LogP contribution in [-0.4, -0.2) is 59.7 Å². The van der Waals surface area contributed by atoms with Crippen LogP contribution in [0.4, 0.5) is 26.2 Å². The van der Waals surface area contributed by atoms with Crippen LogP contribution in [0.25, 0.3) is 22.1 Å². The lowest BCUT2D eigenvalue weighted by Gasteiger charge is -2.35. The largest absolute Gasteiger partial charge is 0.457 e. The normalized spacial score (nSPS) is 17.2. The fraction of sp³-hybridized carbons (Fsp3) is 0.269. The van der Waals surface area contributed by atoms with E-state index in [1.807, 2.05) is 54.9 Å². The van der Waals surface area contributed by atoms with Gasteiger partial charge in [-0.2, -0.15) is 0 Å². The molecule has 1 atom stereocenters. The summed E-state index contributed by atoms with van der Waals surface area (Å²) in [6.45, 7) is 1.71. The standard InChI is InChI=1S/C26H24F2N8O2/c1-15-9-16(3-6-21(15)38-17-4-5-20-18(10-17)32-14-35(20)2)33-24-23-19(30-13-31-24)11-29-25(34-23)36-8-7-26(27,28)22(37)12-36/h3-6,9-11,13-14,22,37H,7-8,12H2,1-2H3,(H,30,31,33). The Kier molecular flexibility index (Phi) is 5.75. The quantitative estimate of drug-likeness (QED) is 0.350. The molecule has 1 saturated heterocycles. The van der Waals surface area contributed by atoms with Crippen LogP contribution in [0.3, 0.4) is 0 Å². The molecule has 5 aromatic rings. The summed E-state index contributed by atoms with van der Waals surface area (Å²) >= 11 is 0. The van der Waals surface area contributed by atoms with Crippen LogP contribution in [0.2, 0.25) is 0 Å². The van der Waals surface area contributed by atoms with Crippen LogP contribution in [0.15, 0.2) is 55.2 Å². The lowest BCUT2D eigenvalue weighted by Crippen LogP contribution is -2.51. The van der Waals surface area contributed by atoms with Crippen molar-refractivity contribution in [3.8, 4) is 11.5 Å². The fourth-order valence-electron chi connectivity index (χ4n) is 4.44. The number of nitrogens with zero attached hydrogens (tertiary/aromatic N) is 7. The molecule has 194 valence electrons. The van der Waals surface area contributed by atoms with Gasteiger partial charge in [-0.15, -0.1) is 0 Å². The Labute approximate surface area is 216 Å². The molecular weight excluding hydrogens is 494 g/mol. The molecule has 2 aromatic carbocycles. The van der Waals surface area contributed by atoms with Crippen molar-refractivity contribution in [3.63, 3.8) is 0 Å². The number of nitrogens with one attached hydrogen (secondary N) is 1. The number of hydrogen-bond donors (Lipinski definition) is 2. The predicted octanol–water partition coefficient (Wildman–Crippen LogP) is 4.36. The zero-order valence-corrected chi connectivity index (χ0v) is 20.6. The molecule has 1 aliphatic rings. The Morgan fingerprint density at radius 2 is 1.95 bits per heavy atom. The van der Waals surface area contributed by atoms with Gasteiger partial charge in [0, 0.05) is 31.8 Å². The molecule has 6 rings (SSSR count). The minimum atomic E-state index is -3.12. The van der Waals surface area contributed by atoms with E-state index in [0.29, 0.717) is 28.4 Å². The number of ether oxygens (including phenoxy) is 1. The van der Waals surface area contributed by atoms with Crippen LogP contribution in [-0.2, 0) is 7.05 Å². The Morgan fingerprint density at radius 1 is 1.08 bits per heavy atom. The number of aromatic nitrogens is 6. The van der Waals surface area contributed by atoms with E-state index in [1.54, 1.807) is 6.33 Å². The third kappa shape index (κ3) is 4.43. The van der Waals surface area contributed by atoms with Crippen LogP contribution in [0.1, 0.15) is 12.0 Å². The first-order valence-corrected chi connectivity index (χ1v) is 12.0. The van der Waals surface area contributed by atoms with Crippen molar-refractivity contribution in [1.82, 2.24) is 29.5 Å². The van der Waals surface area contributed by atoms with E-state index in [4.69, 9.17) is 4.74 Å². The molecule has 4 heterocycles. The minimum absolute atomic E-state index is 0.0277. The second kappa shape index (κ2) is 9.14. The number of benzene rings is 2. The molecule has 2 N–H and O–H groups in total. The van der Waals surface area contributed by atoms with Crippen molar-refractivity contribution < 1.29 is 18.6 Å². The van der Waals surface area contributed by atoms with Crippen molar-refractivity contribution in [2.75, 3.05) is 23.3 Å². The summed E-state index contributed by atoms with van der Waals surface area (Å²) in [5, 5.41) is 13.1. The molecule has 1 unspecified atom stereocenters. The van der Waals surface area contributed by atoms with E-state index in [0.717, 1.165) is 22.3 Å². The highest BCUT2D eigenvalue weighted by atomic mass is 19.3. The number of imidazole rings is 1. The number of piperidine rings is 1. The monoisotopic (exact) mass is 518 g/mol. The van der Waals surface area contributed by atoms with Crippen molar-refractivity contribution in [2.24, 2.45) is 7.05 Å². The van der Waals surface area contributed by atoms with E-state index < -0.39 is 18.4 Å². The van der Waals surface area contributed by atoms with Gasteiger partial charge >= 0.3 is 0 Å². The predicted molar refractivity (Wildman–Crippen MR) is 138 cm³/mol. The van der Waals surface area contributed by atoms with Crippen molar-refractivity contribution in [1.29, 1.82) is 0 Å². The molecule has 3 aromatic heterocycles. The Bertz CT molecular complexity index is 1660. The molecule has 0 spiro atoms. The number of anilines is 3. The summed E-state index contributed by atoms with van der Waals surface area (Å²) in [5.74, 6) is -1.07. The average molecular weight is 519 g/mol. The molecule has 10 nitrogen and oxygen atoms in total. The van der Waals surface area contributed by atoms with Crippen LogP contribution >= 0.6 is 0 Å². The van der Waals surface area contributed by atoms with Gasteiger partial charge in [-0.3, -0.25) is 0 Å².